The van der Waals surface area contributed by atoms with Crippen molar-refractivity contribution in [3.63, 3.8) is 0 Å². The second-order valence-electron chi connectivity index (χ2n) is 2.69. The summed E-state index contributed by atoms with van der Waals surface area (Å²) < 4.78 is 1.75. The molecule has 0 saturated heterocycles. The van der Waals surface area contributed by atoms with Crippen molar-refractivity contribution in [1.82, 2.24) is 14.8 Å². The van der Waals surface area contributed by atoms with Crippen LogP contribution >= 0.6 is 11.6 Å². The van der Waals surface area contributed by atoms with E-state index in [2.05, 4.69) is 10.1 Å². The predicted octanol–water partition coefficient (Wildman–Crippen LogP) is 1.71. The van der Waals surface area contributed by atoms with Crippen LogP contribution in [-0.4, -0.2) is 14.8 Å². The van der Waals surface area contributed by atoms with Gasteiger partial charge >= 0.3 is 0 Å². The Morgan fingerprint density at radius 3 is 3.17 bits per heavy atom. The van der Waals surface area contributed by atoms with E-state index in [1.54, 1.807) is 10.9 Å². The molecule has 62 valence electrons. The quantitative estimate of drug-likeness (QED) is 0.627. The summed E-state index contributed by atoms with van der Waals surface area (Å²) in [5, 5.41) is 5.19. The molecule has 0 saturated carbocycles. The molecule has 3 nitrogen and oxygen atoms in total. The van der Waals surface area contributed by atoms with Gasteiger partial charge in [-0.1, -0.05) is 0 Å². The van der Waals surface area contributed by atoms with Crippen LogP contribution in [0.5, 0.6) is 0 Å². The Labute approximate surface area is 75.0 Å². The first-order valence-electron chi connectivity index (χ1n) is 3.64. The topological polar surface area (TPSA) is 30.7 Å². The van der Waals surface area contributed by atoms with E-state index in [-0.39, 0.29) is 0 Å². The number of rotatable bonds is 1. The molecule has 2 rings (SSSR count). The third-order valence-electron chi connectivity index (χ3n) is 1.68. The largest absolute Gasteiger partial charge is 0.273 e. The van der Waals surface area contributed by atoms with Gasteiger partial charge in [-0.05, 0) is 11.6 Å². The molecule has 2 aromatic heterocycles. The molecular weight excluding hydrogens is 174 g/mol. The summed E-state index contributed by atoms with van der Waals surface area (Å²) in [4.78, 5) is 4.16. The average molecular weight is 182 g/mol. The highest BCUT2D eigenvalue weighted by Crippen LogP contribution is 2.12. The highest BCUT2D eigenvalue weighted by Gasteiger charge is 1.99. The van der Waals surface area contributed by atoms with Gasteiger partial charge in [-0.3, -0.25) is 4.68 Å². The highest BCUT2D eigenvalue weighted by atomic mass is 35.5. The molecule has 0 bridgehead atoms. The number of hydrogen-bond donors (Lipinski definition) is 0. The smallest absolute Gasteiger partial charge is 0.181 e. The average Bonchev–Trinajstić information content (AvgIpc) is 2.43. The number of alkyl halides is 1. The Hall–Kier alpha value is -1.09. The summed E-state index contributed by atoms with van der Waals surface area (Å²) in [6, 6.07) is 2.00. The number of hydrogen-bond acceptors (Lipinski definition) is 2. The van der Waals surface area contributed by atoms with E-state index in [0.717, 1.165) is 16.6 Å². The fourth-order valence-electron chi connectivity index (χ4n) is 1.15. The zero-order valence-electron chi connectivity index (χ0n) is 6.66. The van der Waals surface area contributed by atoms with Crippen LogP contribution in [0.1, 0.15) is 5.56 Å². The Morgan fingerprint density at radius 1 is 1.58 bits per heavy atom. The van der Waals surface area contributed by atoms with Gasteiger partial charge in [0.25, 0.3) is 0 Å². The van der Waals surface area contributed by atoms with Crippen LogP contribution in [-0.2, 0) is 12.9 Å². The molecule has 0 aliphatic rings. The van der Waals surface area contributed by atoms with Crippen molar-refractivity contribution in [3.8, 4) is 0 Å². The first-order valence-corrected chi connectivity index (χ1v) is 4.17. The van der Waals surface area contributed by atoms with E-state index < -0.39 is 0 Å². The van der Waals surface area contributed by atoms with Gasteiger partial charge in [0, 0.05) is 30.7 Å². The third kappa shape index (κ3) is 1.16. The molecule has 0 atom stereocenters. The summed E-state index contributed by atoms with van der Waals surface area (Å²) in [6.45, 7) is 0. The Balaban J connectivity index is 2.66. The second-order valence-corrected chi connectivity index (χ2v) is 2.96. The van der Waals surface area contributed by atoms with E-state index in [0.29, 0.717) is 5.88 Å². The van der Waals surface area contributed by atoms with Crippen molar-refractivity contribution >= 4 is 22.6 Å². The van der Waals surface area contributed by atoms with E-state index in [4.69, 9.17) is 11.6 Å². The standard InChI is InChI=1S/C8H8ClN3/c1-12-5-7-2-6(3-9)4-10-8(7)11-12/h2,4-5H,3H2,1H3. The van der Waals surface area contributed by atoms with Gasteiger partial charge in [-0.2, -0.15) is 5.10 Å². The Morgan fingerprint density at radius 2 is 2.42 bits per heavy atom. The van der Waals surface area contributed by atoms with Crippen molar-refractivity contribution in [2.75, 3.05) is 0 Å². The zero-order chi connectivity index (χ0) is 8.55. The summed E-state index contributed by atoms with van der Waals surface area (Å²) >= 11 is 5.67. The van der Waals surface area contributed by atoms with Gasteiger partial charge in [0.2, 0.25) is 0 Å². The molecule has 0 amide bonds. The maximum atomic E-state index is 5.67. The number of fused-ring (bicyclic) bond motifs is 1. The van der Waals surface area contributed by atoms with Crippen molar-refractivity contribution in [2.24, 2.45) is 7.05 Å². The van der Waals surface area contributed by atoms with Crippen LogP contribution in [0.15, 0.2) is 18.5 Å². The fraction of sp³-hybridized carbons (Fsp3) is 0.250. The molecule has 0 aliphatic heterocycles. The van der Waals surface area contributed by atoms with E-state index >= 15 is 0 Å². The predicted molar refractivity (Wildman–Crippen MR) is 48.1 cm³/mol. The Kier molecular flexibility index (Phi) is 1.73. The normalized spacial score (nSPS) is 10.8. The molecule has 0 N–H and O–H groups in total. The molecule has 0 aliphatic carbocycles. The van der Waals surface area contributed by atoms with Crippen LogP contribution in [0.2, 0.25) is 0 Å². The lowest BCUT2D eigenvalue weighted by atomic mass is 10.3. The SMILES string of the molecule is Cn1cc2cc(CCl)cnc2n1. The number of halogens is 1. The minimum Gasteiger partial charge on any atom is -0.273 e. The summed E-state index contributed by atoms with van der Waals surface area (Å²) in [5.74, 6) is 0.498. The lowest BCUT2D eigenvalue weighted by Crippen LogP contribution is -1.86. The van der Waals surface area contributed by atoms with Crippen molar-refractivity contribution in [2.45, 2.75) is 5.88 Å². The summed E-state index contributed by atoms with van der Waals surface area (Å²) in [7, 11) is 1.88. The van der Waals surface area contributed by atoms with E-state index in [1.807, 2.05) is 19.3 Å². The monoisotopic (exact) mass is 181 g/mol. The maximum Gasteiger partial charge on any atom is 0.181 e. The Bertz CT molecular complexity index is 408. The van der Waals surface area contributed by atoms with Crippen LogP contribution in [0, 0.1) is 0 Å². The van der Waals surface area contributed by atoms with Crippen LogP contribution < -0.4 is 0 Å². The third-order valence-corrected chi connectivity index (χ3v) is 1.99. The van der Waals surface area contributed by atoms with Gasteiger partial charge in [0.1, 0.15) is 0 Å². The van der Waals surface area contributed by atoms with E-state index in [1.165, 1.54) is 0 Å². The van der Waals surface area contributed by atoms with Crippen LogP contribution in [0.4, 0.5) is 0 Å². The first kappa shape index (κ1) is 7.55. The number of pyridine rings is 1. The molecule has 0 fully saturated rings. The number of aromatic nitrogens is 3. The first-order chi connectivity index (χ1) is 5.79. The van der Waals surface area contributed by atoms with Gasteiger partial charge in [-0.15, -0.1) is 11.6 Å². The minimum atomic E-state index is 0.498. The molecule has 2 aromatic rings. The summed E-state index contributed by atoms with van der Waals surface area (Å²) in [6.07, 6.45) is 3.68. The van der Waals surface area contributed by atoms with Crippen molar-refractivity contribution in [3.05, 3.63) is 24.0 Å². The van der Waals surface area contributed by atoms with Crippen molar-refractivity contribution < 1.29 is 0 Å². The minimum absolute atomic E-state index is 0.498. The lowest BCUT2D eigenvalue weighted by Gasteiger charge is -1.91. The molecule has 4 heteroatoms. The molecule has 0 unspecified atom stereocenters. The molecule has 12 heavy (non-hydrogen) atoms. The molecular formula is C8H8ClN3. The number of aryl methyl sites for hydroxylation is 1. The van der Waals surface area contributed by atoms with Crippen LogP contribution in [0.25, 0.3) is 11.0 Å². The van der Waals surface area contributed by atoms with Gasteiger partial charge in [0.05, 0.1) is 0 Å². The lowest BCUT2D eigenvalue weighted by molar-refractivity contribution is 0.776. The molecule has 0 aromatic carbocycles. The maximum absolute atomic E-state index is 5.67. The van der Waals surface area contributed by atoms with E-state index in [9.17, 15) is 0 Å². The second kappa shape index (κ2) is 2.75. The van der Waals surface area contributed by atoms with Crippen molar-refractivity contribution in [1.29, 1.82) is 0 Å². The molecule has 0 spiro atoms. The highest BCUT2D eigenvalue weighted by molar-refractivity contribution is 6.17. The number of nitrogens with zero attached hydrogens (tertiary/aromatic N) is 3. The van der Waals surface area contributed by atoms with Crippen LogP contribution in [0.3, 0.4) is 0 Å². The van der Waals surface area contributed by atoms with Gasteiger partial charge < -0.3 is 0 Å². The van der Waals surface area contributed by atoms with Gasteiger partial charge in [0.15, 0.2) is 5.65 Å². The van der Waals surface area contributed by atoms with Gasteiger partial charge in [-0.25, -0.2) is 4.98 Å². The fourth-order valence-corrected chi connectivity index (χ4v) is 1.30. The zero-order valence-corrected chi connectivity index (χ0v) is 7.41. The summed E-state index contributed by atoms with van der Waals surface area (Å²) in [5.41, 5.74) is 1.79. The molecule has 0 radical (unpaired) electrons. The molecule has 2 heterocycles.